The monoisotopic (exact) mass is 282 g/mol. The van der Waals surface area contributed by atoms with Crippen LogP contribution in [0.15, 0.2) is 0 Å². The molecule has 1 saturated carbocycles. The van der Waals surface area contributed by atoms with Gasteiger partial charge < -0.3 is 15.4 Å². The van der Waals surface area contributed by atoms with Crippen molar-refractivity contribution in [2.24, 2.45) is 5.73 Å². The minimum atomic E-state index is -0.352. The molecule has 1 unspecified atom stereocenters. The lowest BCUT2D eigenvalue weighted by atomic mass is 9.94. The standard InChI is InChI=1S/C16H30N2O2/c1-14(15(19)18-11-7-4-8-12-18)20-16(13-17)9-5-2-3-6-10-16/h14H,2-13,17H2,1H3. The largest absolute Gasteiger partial charge is 0.361 e. The zero-order valence-corrected chi connectivity index (χ0v) is 12.9. The molecule has 0 aromatic rings. The van der Waals surface area contributed by atoms with Crippen molar-refractivity contribution in [1.29, 1.82) is 0 Å². The molecule has 1 heterocycles. The first kappa shape index (κ1) is 15.8. The van der Waals surface area contributed by atoms with E-state index < -0.39 is 0 Å². The van der Waals surface area contributed by atoms with E-state index in [0.717, 1.165) is 38.8 Å². The van der Waals surface area contributed by atoms with Crippen molar-refractivity contribution < 1.29 is 9.53 Å². The van der Waals surface area contributed by atoms with Crippen LogP contribution in [-0.4, -0.2) is 42.1 Å². The second-order valence-corrected chi connectivity index (χ2v) is 6.45. The predicted octanol–water partition coefficient (Wildman–Crippen LogP) is 2.46. The van der Waals surface area contributed by atoms with Gasteiger partial charge in [-0.25, -0.2) is 0 Å². The number of rotatable bonds is 4. The Morgan fingerprint density at radius 3 is 2.20 bits per heavy atom. The Kier molecular flexibility index (Phi) is 5.85. The fraction of sp³-hybridized carbons (Fsp3) is 0.938. The number of hydrogen-bond donors (Lipinski definition) is 1. The van der Waals surface area contributed by atoms with Crippen LogP contribution in [0.4, 0.5) is 0 Å². The number of ether oxygens (including phenoxy) is 1. The van der Waals surface area contributed by atoms with Crippen molar-refractivity contribution in [2.45, 2.75) is 76.4 Å². The van der Waals surface area contributed by atoms with Crippen LogP contribution < -0.4 is 5.73 Å². The Morgan fingerprint density at radius 2 is 1.65 bits per heavy atom. The minimum Gasteiger partial charge on any atom is -0.361 e. The van der Waals surface area contributed by atoms with Crippen molar-refractivity contribution in [3.63, 3.8) is 0 Å². The zero-order valence-electron chi connectivity index (χ0n) is 12.9. The van der Waals surface area contributed by atoms with Crippen molar-refractivity contribution in [3.8, 4) is 0 Å². The molecule has 0 bridgehead atoms. The van der Waals surface area contributed by atoms with E-state index >= 15 is 0 Å². The number of amides is 1. The molecule has 0 radical (unpaired) electrons. The van der Waals surface area contributed by atoms with Crippen molar-refractivity contribution in [3.05, 3.63) is 0 Å². The van der Waals surface area contributed by atoms with Crippen LogP contribution in [0, 0.1) is 0 Å². The van der Waals surface area contributed by atoms with Gasteiger partial charge in [-0.2, -0.15) is 0 Å². The number of carbonyl (C=O) groups excluding carboxylic acids is 1. The molecule has 4 heteroatoms. The fourth-order valence-corrected chi connectivity index (χ4v) is 3.54. The smallest absolute Gasteiger partial charge is 0.251 e. The van der Waals surface area contributed by atoms with E-state index in [9.17, 15) is 4.79 Å². The first-order valence-corrected chi connectivity index (χ1v) is 8.33. The van der Waals surface area contributed by atoms with Gasteiger partial charge in [0, 0.05) is 19.6 Å². The minimum absolute atomic E-state index is 0.154. The first-order chi connectivity index (χ1) is 9.67. The number of likely N-dealkylation sites (tertiary alicyclic amines) is 1. The van der Waals surface area contributed by atoms with Gasteiger partial charge in [0.2, 0.25) is 0 Å². The summed E-state index contributed by atoms with van der Waals surface area (Å²) in [5.74, 6) is 0.154. The molecule has 20 heavy (non-hydrogen) atoms. The first-order valence-electron chi connectivity index (χ1n) is 8.33. The molecule has 1 aliphatic carbocycles. The van der Waals surface area contributed by atoms with Crippen LogP contribution in [0.25, 0.3) is 0 Å². The summed E-state index contributed by atoms with van der Waals surface area (Å²) < 4.78 is 6.21. The van der Waals surface area contributed by atoms with Gasteiger partial charge in [0.05, 0.1) is 5.60 Å². The maximum atomic E-state index is 12.5. The summed E-state index contributed by atoms with van der Waals surface area (Å²) in [7, 11) is 0. The van der Waals surface area contributed by atoms with Crippen molar-refractivity contribution in [2.75, 3.05) is 19.6 Å². The van der Waals surface area contributed by atoms with Gasteiger partial charge in [0.1, 0.15) is 6.10 Å². The molecule has 4 nitrogen and oxygen atoms in total. The third-order valence-corrected chi connectivity index (χ3v) is 4.83. The number of nitrogens with two attached hydrogens (primary N) is 1. The third-order valence-electron chi connectivity index (χ3n) is 4.83. The van der Waals surface area contributed by atoms with E-state index in [2.05, 4.69) is 0 Å². The summed E-state index contributed by atoms with van der Waals surface area (Å²) >= 11 is 0. The predicted molar refractivity (Wildman–Crippen MR) is 80.5 cm³/mol. The van der Waals surface area contributed by atoms with E-state index in [4.69, 9.17) is 10.5 Å². The molecule has 2 fully saturated rings. The molecule has 2 rings (SSSR count). The molecule has 1 aliphatic heterocycles. The highest BCUT2D eigenvalue weighted by atomic mass is 16.5. The highest BCUT2D eigenvalue weighted by Crippen LogP contribution is 2.31. The summed E-state index contributed by atoms with van der Waals surface area (Å²) in [6.07, 6.45) is 10.0. The molecule has 0 spiro atoms. The molecule has 0 aromatic heterocycles. The van der Waals surface area contributed by atoms with Crippen LogP contribution in [0.3, 0.4) is 0 Å². The van der Waals surface area contributed by atoms with E-state index in [1.54, 1.807) is 0 Å². The Bertz CT molecular complexity index is 306. The lowest BCUT2D eigenvalue weighted by molar-refractivity contribution is -0.157. The summed E-state index contributed by atoms with van der Waals surface area (Å²) in [5, 5.41) is 0. The van der Waals surface area contributed by atoms with E-state index in [0.29, 0.717) is 6.54 Å². The normalized spacial score (nSPS) is 25.0. The molecular formula is C16H30N2O2. The van der Waals surface area contributed by atoms with Gasteiger partial charge in [-0.3, -0.25) is 4.79 Å². The Morgan fingerprint density at radius 1 is 1.10 bits per heavy atom. The van der Waals surface area contributed by atoms with Crippen LogP contribution in [0.5, 0.6) is 0 Å². The quantitative estimate of drug-likeness (QED) is 0.806. The van der Waals surface area contributed by atoms with Gasteiger partial charge >= 0.3 is 0 Å². The number of nitrogens with zero attached hydrogens (tertiary/aromatic N) is 1. The summed E-state index contributed by atoms with van der Waals surface area (Å²) in [4.78, 5) is 14.4. The molecule has 1 amide bonds. The maximum absolute atomic E-state index is 12.5. The van der Waals surface area contributed by atoms with Gasteiger partial charge in [0.25, 0.3) is 5.91 Å². The average molecular weight is 282 g/mol. The van der Waals surface area contributed by atoms with Gasteiger partial charge in [-0.15, -0.1) is 0 Å². The van der Waals surface area contributed by atoms with Crippen LogP contribution >= 0.6 is 0 Å². The van der Waals surface area contributed by atoms with Gasteiger partial charge in [-0.1, -0.05) is 25.7 Å². The van der Waals surface area contributed by atoms with E-state index in [-0.39, 0.29) is 17.6 Å². The van der Waals surface area contributed by atoms with Gasteiger partial charge in [0.15, 0.2) is 0 Å². The molecule has 0 aromatic carbocycles. The third kappa shape index (κ3) is 3.95. The molecule has 116 valence electrons. The SMILES string of the molecule is CC(OC1(CN)CCCCCC1)C(=O)N1CCCCC1. The Labute approximate surface area is 123 Å². The zero-order chi connectivity index (χ0) is 14.4. The Balaban J connectivity index is 1.93. The van der Waals surface area contributed by atoms with Crippen LogP contribution in [0.2, 0.25) is 0 Å². The van der Waals surface area contributed by atoms with Gasteiger partial charge in [-0.05, 0) is 39.0 Å². The van der Waals surface area contributed by atoms with Crippen molar-refractivity contribution in [1.82, 2.24) is 4.90 Å². The lowest BCUT2D eigenvalue weighted by Crippen LogP contribution is -2.49. The van der Waals surface area contributed by atoms with E-state index in [1.165, 1.54) is 32.1 Å². The number of hydrogen-bond acceptors (Lipinski definition) is 3. The highest BCUT2D eigenvalue weighted by Gasteiger charge is 2.35. The molecule has 1 atom stereocenters. The molecule has 2 aliphatic rings. The summed E-state index contributed by atoms with van der Waals surface area (Å²) in [6.45, 7) is 4.22. The summed E-state index contributed by atoms with van der Waals surface area (Å²) in [6, 6.07) is 0. The molecule has 2 N–H and O–H groups in total. The molecular weight excluding hydrogens is 252 g/mol. The number of carbonyl (C=O) groups is 1. The summed E-state index contributed by atoms with van der Waals surface area (Å²) in [5.41, 5.74) is 5.72. The van der Waals surface area contributed by atoms with Crippen LogP contribution in [0.1, 0.15) is 64.7 Å². The second-order valence-electron chi connectivity index (χ2n) is 6.45. The van der Waals surface area contributed by atoms with E-state index in [1.807, 2.05) is 11.8 Å². The Hall–Kier alpha value is -0.610. The fourth-order valence-electron chi connectivity index (χ4n) is 3.54. The molecule has 1 saturated heterocycles. The lowest BCUT2D eigenvalue weighted by Gasteiger charge is -2.36. The maximum Gasteiger partial charge on any atom is 0.251 e. The van der Waals surface area contributed by atoms with Crippen molar-refractivity contribution >= 4 is 5.91 Å². The van der Waals surface area contributed by atoms with Crippen LogP contribution in [-0.2, 0) is 9.53 Å². The second kappa shape index (κ2) is 7.41. The highest BCUT2D eigenvalue weighted by molar-refractivity contribution is 5.80. The average Bonchev–Trinajstić information content (AvgIpc) is 2.73. The number of piperidine rings is 1. The topological polar surface area (TPSA) is 55.6 Å².